The lowest BCUT2D eigenvalue weighted by Crippen LogP contribution is -2.46. The lowest BCUT2D eigenvalue weighted by molar-refractivity contribution is 0.0783. The minimum Gasteiger partial charge on any atom is -0.303 e. The van der Waals surface area contributed by atoms with E-state index in [1.165, 1.54) is 71.2 Å². The molecule has 0 amide bonds. The van der Waals surface area contributed by atoms with E-state index >= 15 is 0 Å². The quantitative estimate of drug-likeness (QED) is 0.716. The van der Waals surface area contributed by atoms with Crippen molar-refractivity contribution >= 4 is 0 Å². The predicted molar refractivity (Wildman–Crippen MR) is 102 cm³/mol. The zero-order valence-corrected chi connectivity index (χ0v) is 16.8. The summed E-state index contributed by atoms with van der Waals surface area (Å²) in [6.07, 6.45) is 8.53. The molecular weight excluding hydrogens is 280 g/mol. The summed E-state index contributed by atoms with van der Waals surface area (Å²) >= 11 is 0. The second kappa shape index (κ2) is 7.87. The molecule has 2 nitrogen and oxygen atoms in total. The summed E-state index contributed by atoms with van der Waals surface area (Å²) < 4.78 is 0. The fourth-order valence-corrected chi connectivity index (χ4v) is 4.54. The zero-order valence-electron chi connectivity index (χ0n) is 16.8. The van der Waals surface area contributed by atoms with Gasteiger partial charge in [-0.15, -0.1) is 0 Å². The SMILES string of the molecule is CC(C)(C)CC1CCN(CCC2CCN(C(C)(C)C)CC2)CC1. The van der Waals surface area contributed by atoms with E-state index in [9.17, 15) is 0 Å². The van der Waals surface area contributed by atoms with Crippen LogP contribution in [0.2, 0.25) is 0 Å². The van der Waals surface area contributed by atoms with Crippen molar-refractivity contribution in [2.24, 2.45) is 17.3 Å². The minimum absolute atomic E-state index is 0.361. The Kier molecular flexibility index (Phi) is 6.58. The third-order valence-electron chi connectivity index (χ3n) is 6.02. The largest absolute Gasteiger partial charge is 0.303 e. The molecule has 0 atom stereocenters. The van der Waals surface area contributed by atoms with Crippen LogP contribution in [0, 0.1) is 17.3 Å². The van der Waals surface area contributed by atoms with Crippen molar-refractivity contribution in [1.29, 1.82) is 0 Å². The number of nitrogens with zero attached hydrogens (tertiary/aromatic N) is 2. The normalized spacial score (nSPS) is 24.3. The summed E-state index contributed by atoms with van der Waals surface area (Å²) in [6, 6.07) is 0. The zero-order chi connectivity index (χ0) is 17.1. The molecule has 0 aromatic rings. The van der Waals surface area contributed by atoms with Crippen LogP contribution in [-0.4, -0.2) is 48.1 Å². The molecule has 0 radical (unpaired) electrons. The van der Waals surface area contributed by atoms with Crippen molar-refractivity contribution in [3.8, 4) is 0 Å². The Hall–Kier alpha value is -0.0800. The molecule has 23 heavy (non-hydrogen) atoms. The van der Waals surface area contributed by atoms with E-state index in [-0.39, 0.29) is 0 Å². The van der Waals surface area contributed by atoms with Crippen LogP contribution >= 0.6 is 0 Å². The second-order valence-corrected chi connectivity index (χ2v) is 10.4. The first-order chi connectivity index (χ1) is 10.6. The van der Waals surface area contributed by atoms with Gasteiger partial charge in [-0.3, -0.25) is 4.90 Å². The highest BCUT2D eigenvalue weighted by Gasteiger charge is 2.28. The van der Waals surface area contributed by atoms with Crippen molar-refractivity contribution < 1.29 is 0 Å². The number of hydrogen-bond acceptors (Lipinski definition) is 2. The lowest BCUT2D eigenvalue weighted by Gasteiger charge is -2.41. The maximum absolute atomic E-state index is 2.75. The summed E-state index contributed by atoms with van der Waals surface area (Å²) in [5.41, 5.74) is 0.869. The fraction of sp³-hybridized carbons (Fsp3) is 1.00. The van der Waals surface area contributed by atoms with E-state index in [1.807, 2.05) is 0 Å². The van der Waals surface area contributed by atoms with Gasteiger partial charge in [0.1, 0.15) is 0 Å². The van der Waals surface area contributed by atoms with Gasteiger partial charge in [-0.1, -0.05) is 20.8 Å². The molecule has 2 rings (SSSR count). The molecule has 2 heteroatoms. The van der Waals surface area contributed by atoms with Gasteiger partial charge in [0.25, 0.3) is 0 Å². The van der Waals surface area contributed by atoms with Gasteiger partial charge in [0.15, 0.2) is 0 Å². The minimum atomic E-state index is 0.361. The van der Waals surface area contributed by atoms with Gasteiger partial charge in [-0.2, -0.15) is 0 Å². The van der Waals surface area contributed by atoms with Crippen molar-refractivity contribution in [1.82, 2.24) is 9.80 Å². The van der Waals surface area contributed by atoms with Gasteiger partial charge in [0, 0.05) is 5.54 Å². The number of likely N-dealkylation sites (tertiary alicyclic amines) is 2. The van der Waals surface area contributed by atoms with E-state index in [0.29, 0.717) is 11.0 Å². The van der Waals surface area contributed by atoms with Crippen LogP contribution in [0.5, 0.6) is 0 Å². The fourth-order valence-electron chi connectivity index (χ4n) is 4.54. The average Bonchev–Trinajstić information content (AvgIpc) is 2.44. The molecule has 0 bridgehead atoms. The van der Waals surface area contributed by atoms with Crippen LogP contribution in [0.4, 0.5) is 0 Å². The molecule has 0 N–H and O–H groups in total. The summed E-state index contributed by atoms with van der Waals surface area (Å²) in [4.78, 5) is 5.41. The Balaban J connectivity index is 1.61. The highest BCUT2D eigenvalue weighted by molar-refractivity contribution is 4.83. The van der Waals surface area contributed by atoms with Crippen LogP contribution in [0.25, 0.3) is 0 Å². The topological polar surface area (TPSA) is 6.48 Å². The lowest BCUT2D eigenvalue weighted by atomic mass is 9.80. The van der Waals surface area contributed by atoms with Crippen molar-refractivity contribution in [3.63, 3.8) is 0 Å². The molecule has 0 aliphatic carbocycles. The van der Waals surface area contributed by atoms with Crippen LogP contribution in [-0.2, 0) is 0 Å². The van der Waals surface area contributed by atoms with E-state index in [2.05, 4.69) is 51.3 Å². The van der Waals surface area contributed by atoms with E-state index in [0.717, 1.165) is 11.8 Å². The molecule has 2 fully saturated rings. The summed E-state index contributed by atoms with van der Waals surface area (Å²) in [5.74, 6) is 1.95. The van der Waals surface area contributed by atoms with E-state index in [1.54, 1.807) is 0 Å². The Morgan fingerprint density at radius 3 is 1.74 bits per heavy atom. The molecule has 0 spiro atoms. The number of piperidine rings is 2. The third-order valence-corrected chi connectivity index (χ3v) is 6.02. The van der Waals surface area contributed by atoms with Gasteiger partial charge in [0.05, 0.1) is 0 Å². The molecule has 0 aromatic heterocycles. The molecule has 2 heterocycles. The Labute approximate surface area is 146 Å². The molecule has 2 aliphatic rings. The summed E-state index contributed by atoms with van der Waals surface area (Å²) in [6.45, 7) is 20.9. The van der Waals surface area contributed by atoms with Gasteiger partial charge >= 0.3 is 0 Å². The van der Waals surface area contributed by atoms with Crippen molar-refractivity contribution in [3.05, 3.63) is 0 Å². The number of hydrogen-bond donors (Lipinski definition) is 0. The monoisotopic (exact) mass is 322 g/mol. The molecule has 0 saturated carbocycles. The first-order valence-corrected chi connectivity index (χ1v) is 10.1. The van der Waals surface area contributed by atoms with Crippen molar-refractivity contribution in [2.75, 3.05) is 32.7 Å². The molecular formula is C21H42N2. The average molecular weight is 323 g/mol. The Bertz CT molecular complexity index is 334. The van der Waals surface area contributed by atoms with Crippen LogP contribution in [0.1, 0.15) is 80.1 Å². The van der Waals surface area contributed by atoms with E-state index in [4.69, 9.17) is 0 Å². The standard InChI is InChI=1S/C21H42N2/c1-20(2,3)17-19-8-13-22(14-9-19)12-7-18-10-15-23(16-11-18)21(4,5)6/h18-19H,7-17H2,1-6H3. The molecule has 2 saturated heterocycles. The second-order valence-electron chi connectivity index (χ2n) is 10.4. The van der Waals surface area contributed by atoms with Crippen LogP contribution in [0.15, 0.2) is 0 Å². The Morgan fingerprint density at radius 2 is 1.26 bits per heavy atom. The van der Waals surface area contributed by atoms with E-state index < -0.39 is 0 Å². The smallest absolute Gasteiger partial charge is 0.0125 e. The molecule has 136 valence electrons. The summed E-state index contributed by atoms with van der Waals surface area (Å²) in [7, 11) is 0. The van der Waals surface area contributed by atoms with Gasteiger partial charge in [-0.05, 0) is 109 Å². The van der Waals surface area contributed by atoms with Crippen molar-refractivity contribution in [2.45, 2.75) is 85.6 Å². The molecule has 2 aliphatic heterocycles. The highest BCUT2D eigenvalue weighted by Crippen LogP contribution is 2.31. The maximum atomic E-state index is 2.75. The van der Waals surface area contributed by atoms with Crippen LogP contribution in [0.3, 0.4) is 0 Å². The first-order valence-electron chi connectivity index (χ1n) is 10.1. The van der Waals surface area contributed by atoms with Gasteiger partial charge < -0.3 is 4.90 Å². The van der Waals surface area contributed by atoms with Crippen LogP contribution < -0.4 is 0 Å². The molecule has 0 unspecified atom stereocenters. The first kappa shape index (κ1) is 19.2. The molecule has 0 aromatic carbocycles. The van der Waals surface area contributed by atoms with Gasteiger partial charge in [-0.25, -0.2) is 0 Å². The highest BCUT2D eigenvalue weighted by atomic mass is 15.2. The predicted octanol–water partition coefficient (Wildman–Crippen LogP) is 5.04. The number of rotatable bonds is 4. The Morgan fingerprint density at radius 1 is 0.739 bits per heavy atom. The third kappa shape index (κ3) is 6.74. The summed E-state index contributed by atoms with van der Waals surface area (Å²) in [5, 5.41) is 0. The van der Waals surface area contributed by atoms with Gasteiger partial charge in [0.2, 0.25) is 0 Å². The maximum Gasteiger partial charge on any atom is 0.0125 e.